The molecule has 1 atom stereocenters. The Morgan fingerprint density at radius 2 is 0.889 bits per heavy atom. The van der Waals surface area contributed by atoms with Crippen LogP contribution in [0.25, 0.3) is 0 Å². The molecule has 6 N–H and O–H groups in total. The molecule has 0 aliphatic carbocycles. The zero-order valence-corrected chi connectivity index (χ0v) is 13.2. The van der Waals surface area contributed by atoms with Crippen LogP contribution in [0.1, 0.15) is 79.6 Å². The van der Waals surface area contributed by atoms with Gasteiger partial charge in [0.1, 0.15) is 0 Å². The Bertz CT molecular complexity index is 221. The first-order valence-corrected chi connectivity index (χ1v) is 7.28. The Morgan fingerprint density at radius 1 is 0.556 bits per heavy atom. The molecule has 0 aliphatic rings. The lowest BCUT2D eigenvalue weighted by Crippen LogP contribution is -2.38. The van der Waals surface area contributed by atoms with Gasteiger partial charge in [0, 0.05) is 16.6 Å². The highest BCUT2D eigenvalue weighted by atomic mass is 14.7. The van der Waals surface area contributed by atoms with Crippen molar-refractivity contribution in [2.75, 3.05) is 0 Å². The third kappa shape index (κ3) is 12.3. The van der Waals surface area contributed by atoms with E-state index in [1.165, 1.54) is 12.8 Å². The third-order valence-electron chi connectivity index (χ3n) is 3.39. The van der Waals surface area contributed by atoms with Crippen LogP contribution in [0.15, 0.2) is 0 Å². The largest absolute Gasteiger partial charge is 0.326 e. The first-order chi connectivity index (χ1) is 7.91. The number of nitrogens with two attached hydrogens (primary N) is 3. The van der Waals surface area contributed by atoms with Crippen molar-refractivity contribution in [1.29, 1.82) is 0 Å². The molecule has 1 unspecified atom stereocenters. The van der Waals surface area contributed by atoms with Crippen LogP contribution in [-0.4, -0.2) is 16.6 Å². The summed E-state index contributed by atoms with van der Waals surface area (Å²) >= 11 is 0. The van der Waals surface area contributed by atoms with E-state index in [-0.39, 0.29) is 16.6 Å². The van der Waals surface area contributed by atoms with Crippen LogP contribution >= 0.6 is 0 Å². The van der Waals surface area contributed by atoms with E-state index in [9.17, 15) is 0 Å². The minimum Gasteiger partial charge on any atom is -0.326 e. The molecule has 18 heavy (non-hydrogen) atoms. The van der Waals surface area contributed by atoms with Crippen molar-refractivity contribution in [2.24, 2.45) is 17.2 Å². The van der Waals surface area contributed by atoms with Crippen LogP contribution in [0.5, 0.6) is 0 Å². The molecule has 0 aliphatic heterocycles. The Hall–Kier alpha value is -0.120. The van der Waals surface area contributed by atoms with E-state index in [1.807, 2.05) is 0 Å². The fourth-order valence-electron chi connectivity index (χ4n) is 2.18. The summed E-state index contributed by atoms with van der Waals surface area (Å²) in [7, 11) is 0. The van der Waals surface area contributed by atoms with Crippen LogP contribution in [0, 0.1) is 0 Å². The van der Waals surface area contributed by atoms with Gasteiger partial charge in [-0.1, -0.05) is 12.8 Å². The quantitative estimate of drug-likeness (QED) is 0.556. The minimum atomic E-state index is -0.0698. The van der Waals surface area contributed by atoms with Gasteiger partial charge in [0.05, 0.1) is 0 Å². The van der Waals surface area contributed by atoms with Crippen molar-refractivity contribution in [3.8, 4) is 0 Å². The smallest absolute Gasteiger partial charge is 0.0125 e. The average Bonchev–Trinajstić information content (AvgIpc) is 2.08. The third-order valence-corrected chi connectivity index (χ3v) is 3.39. The first kappa shape index (κ1) is 17.9. The summed E-state index contributed by atoms with van der Waals surface area (Å²) in [5.74, 6) is 0. The molecule has 0 amide bonds. The molecule has 0 aromatic carbocycles. The summed E-state index contributed by atoms with van der Waals surface area (Å²) in [4.78, 5) is 0. The van der Waals surface area contributed by atoms with E-state index in [0.29, 0.717) is 0 Å². The summed E-state index contributed by atoms with van der Waals surface area (Å²) in [6, 6.07) is 0. The molecule has 3 heteroatoms. The molecule has 0 aromatic heterocycles. The zero-order chi connectivity index (χ0) is 14.4. The van der Waals surface area contributed by atoms with Gasteiger partial charge in [-0.2, -0.15) is 0 Å². The van der Waals surface area contributed by atoms with Gasteiger partial charge in [-0.15, -0.1) is 0 Å². The van der Waals surface area contributed by atoms with Crippen molar-refractivity contribution >= 4 is 0 Å². The van der Waals surface area contributed by atoms with Gasteiger partial charge in [-0.3, -0.25) is 0 Å². The molecule has 0 bridgehead atoms. The SMILES string of the molecule is CC(C)(N)CCCCC(C)(N)CCCC(C)(C)N. The van der Waals surface area contributed by atoms with Crippen molar-refractivity contribution < 1.29 is 0 Å². The summed E-state index contributed by atoms with van der Waals surface area (Å²) in [5, 5.41) is 0. The van der Waals surface area contributed by atoms with Crippen LogP contribution in [-0.2, 0) is 0 Å². The molecule has 0 saturated carbocycles. The van der Waals surface area contributed by atoms with E-state index < -0.39 is 0 Å². The fraction of sp³-hybridized carbons (Fsp3) is 1.00. The number of hydrogen-bond acceptors (Lipinski definition) is 3. The van der Waals surface area contributed by atoms with Gasteiger partial charge in [-0.05, 0) is 66.7 Å². The predicted octanol–water partition coefficient (Wildman–Crippen LogP) is 2.91. The lowest BCUT2D eigenvalue weighted by atomic mass is 9.86. The Labute approximate surface area is 114 Å². The second-order valence-electron chi connectivity index (χ2n) is 7.69. The molecule has 0 heterocycles. The zero-order valence-electron chi connectivity index (χ0n) is 13.2. The van der Waals surface area contributed by atoms with Gasteiger partial charge >= 0.3 is 0 Å². The highest BCUT2D eigenvalue weighted by molar-refractivity contribution is 4.81. The standard InChI is InChI=1S/C15H35N3/c1-13(2,16)9-6-7-11-15(5,18)12-8-10-14(3,4)17/h6-12,16-18H2,1-5H3. The molecule has 0 fully saturated rings. The molecule has 0 saturated heterocycles. The van der Waals surface area contributed by atoms with Crippen molar-refractivity contribution in [1.82, 2.24) is 0 Å². The van der Waals surface area contributed by atoms with E-state index in [2.05, 4.69) is 34.6 Å². The van der Waals surface area contributed by atoms with Crippen molar-refractivity contribution in [2.45, 2.75) is 96.2 Å². The lowest BCUT2D eigenvalue weighted by Gasteiger charge is -2.27. The summed E-state index contributed by atoms with van der Waals surface area (Å²) < 4.78 is 0. The Kier molecular flexibility index (Phi) is 6.83. The maximum atomic E-state index is 6.32. The highest BCUT2D eigenvalue weighted by Crippen LogP contribution is 2.21. The van der Waals surface area contributed by atoms with Crippen LogP contribution in [0.2, 0.25) is 0 Å². The topological polar surface area (TPSA) is 78.1 Å². The second kappa shape index (κ2) is 6.88. The number of unbranched alkanes of at least 4 members (excludes halogenated alkanes) is 1. The maximum absolute atomic E-state index is 6.32. The minimum absolute atomic E-state index is 0.0471. The monoisotopic (exact) mass is 257 g/mol. The Balaban J connectivity index is 3.74. The molecule has 0 radical (unpaired) electrons. The maximum Gasteiger partial charge on any atom is 0.0125 e. The molecule has 0 rings (SSSR count). The van der Waals surface area contributed by atoms with Gasteiger partial charge in [0.2, 0.25) is 0 Å². The van der Waals surface area contributed by atoms with Crippen molar-refractivity contribution in [3.05, 3.63) is 0 Å². The van der Waals surface area contributed by atoms with Crippen LogP contribution in [0.4, 0.5) is 0 Å². The molecule has 110 valence electrons. The van der Waals surface area contributed by atoms with E-state index in [4.69, 9.17) is 17.2 Å². The molecular formula is C15H35N3. The van der Waals surface area contributed by atoms with Gasteiger partial charge in [0.25, 0.3) is 0 Å². The van der Waals surface area contributed by atoms with Gasteiger partial charge in [-0.25, -0.2) is 0 Å². The highest BCUT2D eigenvalue weighted by Gasteiger charge is 2.20. The van der Waals surface area contributed by atoms with Crippen molar-refractivity contribution in [3.63, 3.8) is 0 Å². The van der Waals surface area contributed by atoms with Crippen LogP contribution < -0.4 is 17.2 Å². The Morgan fingerprint density at radius 3 is 1.33 bits per heavy atom. The normalized spacial score (nSPS) is 16.7. The van der Waals surface area contributed by atoms with Gasteiger partial charge < -0.3 is 17.2 Å². The number of hydrogen-bond donors (Lipinski definition) is 3. The molecule has 3 nitrogen and oxygen atoms in total. The van der Waals surface area contributed by atoms with E-state index in [1.54, 1.807) is 0 Å². The van der Waals surface area contributed by atoms with E-state index in [0.717, 1.165) is 32.1 Å². The first-order valence-electron chi connectivity index (χ1n) is 7.28. The molecule has 0 spiro atoms. The number of rotatable bonds is 9. The summed E-state index contributed by atoms with van der Waals surface area (Å²) in [5.41, 5.74) is 18.1. The fourth-order valence-corrected chi connectivity index (χ4v) is 2.18. The molecule has 0 aromatic rings. The van der Waals surface area contributed by atoms with Gasteiger partial charge in [0.15, 0.2) is 0 Å². The second-order valence-corrected chi connectivity index (χ2v) is 7.69. The molecular weight excluding hydrogens is 222 g/mol. The predicted molar refractivity (Wildman–Crippen MR) is 81.4 cm³/mol. The van der Waals surface area contributed by atoms with E-state index >= 15 is 0 Å². The average molecular weight is 257 g/mol. The summed E-state index contributed by atoms with van der Waals surface area (Å²) in [6.07, 6.45) is 7.68. The lowest BCUT2D eigenvalue weighted by molar-refractivity contribution is 0.337. The summed E-state index contributed by atoms with van der Waals surface area (Å²) in [6.45, 7) is 10.5. The van der Waals surface area contributed by atoms with Crippen LogP contribution in [0.3, 0.4) is 0 Å².